The van der Waals surface area contributed by atoms with Crippen molar-refractivity contribution in [3.8, 4) is 5.69 Å². The average Bonchev–Trinajstić information content (AvgIpc) is 2.55. The van der Waals surface area contributed by atoms with Gasteiger partial charge in [-0.25, -0.2) is 13.9 Å². The monoisotopic (exact) mass is 349 g/mol. The van der Waals surface area contributed by atoms with Crippen molar-refractivity contribution < 1.29 is 23.8 Å². The Labute approximate surface area is 141 Å². The molecule has 2 N–H and O–H groups in total. The number of amides is 1. The molecule has 1 aromatic carbocycles. The molecule has 1 atom stereocenters. The number of carboxylic acid groups (broad SMARTS) is 1. The lowest BCUT2D eigenvalue weighted by Crippen LogP contribution is -2.45. The first kappa shape index (κ1) is 18.3. The van der Waals surface area contributed by atoms with Crippen LogP contribution in [0, 0.1) is 12.7 Å². The lowest BCUT2D eigenvalue weighted by atomic mass is 10.2. The van der Waals surface area contributed by atoms with Crippen molar-refractivity contribution in [1.82, 2.24) is 15.1 Å². The highest BCUT2D eigenvalue weighted by atomic mass is 19.1. The number of nitrogens with one attached hydrogen (secondary N) is 1. The molecule has 0 spiro atoms. The van der Waals surface area contributed by atoms with E-state index in [0.29, 0.717) is 5.69 Å². The molecule has 0 radical (unpaired) electrons. The van der Waals surface area contributed by atoms with Crippen molar-refractivity contribution in [2.45, 2.75) is 13.0 Å². The summed E-state index contributed by atoms with van der Waals surface area (Å²) in [4.78, 5) is 35.4. The third-order valence-corrected chi connectivity index (χ3v) is 3.34. The molecule has 0 fully saturated rings. The molecular formula is C16H16FN3O5. The number of ether oxygens (including phenoxy) is 1. The SMILES string of the molecule is COCC(NC(=O)c1nn(-c2ccccc2F)c(C)cc1=O)C(=O)O. The Morgan fingerprint density at radius 1 is 1.40 bits per heavy atom. The van der Waals surface area contributed by atoms with Gasteiger partial charge in [-0.2, -0.15) is 5.10 Å². The quantitative estimate of drug-likeness (QED) is 0.786. The molecule has 2 rings (SSSR count). The van der Waals surface area contributed by atoms with E-state index in [-0.39, 0.29) is 12.3 Å². The highest BCUT2D eigenvalue weighted by Gasteiger charge is 2.23. The Kier molecular flexibility index (Phi) is 5.60. The summed E-state index contributed by atoms with van der Waals surface area (Å²) in [6.07, 6.45) is 0. The summed E-state index contributed by atoms with van der Waals surface area (Å²) in [6.45, 7) is 1.25. The van der Waals surface area contributed by atoms with Gasteiger partial charge in [0.15, 0.2) is 11.7 Å². The van der Waals surface area contributed by atoms with Gasteiger partial charge in [0.1, 0.15) is 11.5 Å². The van der Waals surface area contributed by atoms with Crippen LogP contribution in [0.3, 0.4) is 0 Å². The van der Waals surface area contributed by atoms with Gasteiger partial charge >= 0.3 is 5.97 Å². The van der Waals surface area contributed by atoms with Gasteiger partial charge in [-0.1, -0.05) is 12.1 Å². The van der Waals surface area contributed by atoms with E-state index in [2.05, 4.69) is 10.4 Å². The van der Waals surface area contributed by atoms with Crippen LogP contribution in [0.5, 0.6) is 0 Å². The van der Waals surface area contributed by atoms with E-state index in [1.165, 1.54) is 32.2 Å². The molecule has 0 bridgehead atoms. The van der Waals surface area contributed by atoms with E-state index in [4.69, 9.17) is 9.84 Å². The van der Waals surface area contributed by atoms with Gasteiger partial charge in [0.05, 0.1) is 6.61 Å². The molecular weight excluding hydrogens is 333 g/mol. The number of aliphatic carboxylic acids is 1. The summed E-state index contributed by atoms with van der Waals surface area (Å²) >= 11 is 0. The summed E-state index contributed by atoms with van der Waals surface area (Å²) < 4.78 is 19.8. The maximum Gasteiger partial charge on any atom is 0.328 e. The number of rotatable bonds is 6. The zero-order valence-corrected chi connectivity index (χ0v) is 13.5. The van der Waals surface area contributed by atoms with Crippen LogP contribution in [-0.4, -0.2) is 46.5 Å². The number of carbonyl (C=O) groups excluding carboxylic acids is 1. The van der Waals surface area contributed by atoms with Crippen LogP contribution in [0.25, 0.3) is 5.69 Å². The van der Waals surface area contributed by atoms with Crippen molar-refractivity contribution in [3.63, 3.8) is 0 Å². The zero-order chi connectivity index (χ0) is 18.6. The Morgan fingerprint density at radius 2 is 2.08 bits per heavy atom. The standard InChI is InChI=1S/C16H16FN3O5/c1-9-7-13(21)14(15(22)18-11(8-25-2)16(23)24)19-20(9)12-6-4-3-5-10(12)17/h3-7,11H,8H2,1-2H3,(H,18,22)(H,23,24). The number of hydrogen-bond acceptors (Lipinski definition) is 5. The normalized spacial score (nSPS) is 11.8. The topological polar surface area (TPSA) is 111 Å². The second-order valence-electron chi connectivity index (χ2n) is 5.18. The number of aryl methyl sites for hydroxylation is 1. The van der Waals surface area contributed by atoms with Gasteiger partial charge in [-0.05, 0) is 19.1 Å². The lowest BCUT2D eigenvalue weighted by Gasteiger charge is -2.15. The maximum absolute atomic E-state index is 14.0. The number of carboxylic acids is 1. The van der Waals surface area contributed by atoms with Gasteiger partial charge in [-0.3, -0.25) is 9.59 Å². The Balaban J connectivity index is 2.44. The molecule has 25 heavy (non-hydrogen) atoms. The summed E-state index contributed by atoms with van der Waals surface area (Å²) in [5.74, 6) is -2.90. The molecule has 0 saturated carbocycles. The predicted octanol–water partition coefficient (Wildman–Crippen LogP) is 0.509. The average molecular weight is 349 g/mol. The summed E-state index contributed by atoms with van der Waals surface area (Å²) in [7, 11) is 1.28. The van der Waals surface area contributed by atoms with Crippen molar-refractivity contribution in [3.05, 3.63) is 57.8 Å². The molecule has 1 unspecified atom stereocenters. The molecule has 8 nitrogen and oxygen atoms in total. The molecule has 0 saturated heterocycles. The number of aromatic nitrogens is 2. The minimum atomic E-state index is -1.35. The summed E-state index contributed by atoms with van der Waals surface area (Å²) in [5, 5.41) is 15.1. The maximum atomic E-state index is 14.0. The van der Waals surface area contributed by atoms with Gasteiger partial charge in [0.2, 0.25) is 5.43 Å². The molecule has 1 amide bonds. The van der Waals surface area contributed by atoms with Crippen molar-refractivity contribution in [1.29, 1.82) is 0 Å². The van der Waals surface area contributed by atoms with Crippen molar-refractivity contribution in [2.24, 2.45) is 0 Å². The van der Waals surface area contributed by atoms with Gasteiger partial charge < -0.3 is 15.2 Å². The molecule has 2 aromatic rings. The van der Waals surface area contributed by atoms with Gasteiger partial charge in [0.25, 0.3) is 5.91 Å². The number of nitrogens with zero attached hydrogens (tertiary/aromatic N) is 2. The van der Waals surface area contributed by atoms with Crippen LogP contribution in [0.2, 0.25) is 0 Å². The van der Waals surface area contributed by atoms with Crippen LogP contribution in [-0.2, 0) is 9.53 Å². The molecule has 132 valence electrons. The van der Waals surface area contributed by atoms with E-state index >= 15 is 0 Å². The van der Waals surface area contributed by atoms with Crippen molar-refractivity contribution >= 4 is 11.9 Å². The van der Waals surface area contributed by atoms with E-state index in [1.807, 2.05) is 0 Å². The number of benzene rings is 1. The Morgan fingerprint density at radius 3 is 2.68 bits per heavy atom. The number of carbonyl (C=O) groups is 2. The highest BCUT2D eigenvalue weighted by molar-refractivity contribution is 5.94. The lowest BCUT2D eigenvalue weighted by molar-refractivity contribution is -0.140. The molecule has 1 heterocycles. The van der Waals surface area contributed by atoms with Crippen molar-refractivity contribution in [2.75, 3.05) is 13.7 Å². The second kappa shape index (κ2) is 7.67. The smallest absolute Gasteiger partial charge is 0.328 e. The Hall–Kier alpha value is -3.07. The number of hydrogen-bond donors (Lipinski definition) is 2. The van der Waals surface area contributed by atoms with E-state index < -0.39 is 34.9 Å². The first-order valence-electron chi connectivity index (χ1n) is 7.23. The summed E-state index contributed by atoms with van der Waals surface area (Å²) in [6, 6.07) is 5.50. The largest absolute Gasteiger partial charge is 0.480 e. The van der Waals surface area contributed by atoms with Gasteiger partial charge in [-0.15, -0.1) is 0 Å². The number of para-hydroxylation sites is 1. The molecule has 9 heteroatoms. The van der Waals surface area contributed by atoms with Crippen LogP contribution in [0.4, 0.5) is 4.39 Å². The van der Waals surface area contributed by atoms with E-state index in [0.717, 1.165) is 10.7 Å². The molecule has 0 aliphatic heterocycles. The van der Waals surface area contributed by atoms with Crippen LogP contribution >= 0.6 is 0 Å². The molecule has 1 aromatic heterocycles. The van der Waals surface area contributed by atoms with E-state index in [9.17, 15) is 18.8 Å². The summed E-state index contributed by atoms with van der Waals surface area (Å²) in [5.41, 5.74) is -0.876. The van der Waals surface area contributed by atoms with Gasteiger partial charge in [0, 0.05) is 18.9 Å². The second-order valence-corrected chi connectivity index (χ2v) is 5.18. The Bertz CT molecular complexity index is 865. The zero-order valence-electron chi connectivity index (χ0n) is 13.5. The first-order chi connectivity index (χ1) is 11.8. The van der Waals surface area contributed by atoms with Crippen LogP contribution in [0.15, 0.2) is 35.1 Å². The molecule has 0 aliphatic rings. The third-order valence-electron chi connectivity index (χ3n) is 3.34. The van der Waals surface area contributed by atoms with Crippen LogP contribution in [0.1, 0.15) is 16.2 Å². The fraction of sp³-hybridized carbons (Fsp3) is 0.250. The minimum absolute atomic E-state index is 0.0562. The number of methoxy groups -OCH3 is 1. The third kappa shape index (κ3) is 4.07. The number of halogens is 1. The fourth-order valence-corrected chi connectivity index (χ4v) is 2.14. The fourth-order valence-electron chi connectivity index (χ4n) is 2.14. The van der Waals surface area contributed by atoms with Crippen LogP contribution < -0.4 is 10.7 Å². The first-order valence-corrected chi connectivity index (χ1v) is 7.23. The van der Waals surface area contributed by atoms with E-state index in [1.54, 1.807) is 6.07 Å². The predicted molar refractivity (Wildman–Crippen MR) is 85.3 cm³/mol. The minimum Gasteiger partial charge on any atom is -0.480 e. The molecule has 0 aliphatic carbocycles. The highest BCUT2D eigenvalue weighted by Crippen LogP contribution is 2.13.